The molecule has 6 heteroatoms. The van der Waals surface area contributed by atoms with E-state index in [9.17, 15) is 0 Å². The van der Waals surface area contributed by atoms with Gasteiger partial charge in [0.1, 0.15) is 0 Å². The number of hydrogen-bond donors (Lipinski definition) is 0. The third kappa shape index (κ3) is 3.78. The highest BCUT2D eigenvalue weighted by molar-refractivity contribution is 5.98. The van der Waals surface area contributed by atoms with Crippen LogP contribution < -0.4 is 0 Å². The van der Waals surface area contributed by atoms with E-state index >= 15 is 0 Å². The lowest BCUT2D eigenvalue weighted by molar-refractivity contribution is 1.11. The molecule has 242 valence electrons. The quantitative estimate of drug-likeness (QED) is 0.189. The van der Waals surface area contributed by atoms with E-state index in [1.54, 1.807) is 0 Å². The molecule has 8 aromatic carbocycles. The van der Waals surface area contributed by atoms with E-state index in [0.29, 0.717) is 0 Å². The number of nitrogens with zero attached hydrogens (tertiary/aromatic N) is 6. The summed E-state index contributed by atoms with van der Waals surface area (Å²) in [4.78, 5) is 10.3. The summed E-state index contributed by atoms with van der Waals surface area (Å²) in [6, 6.07) is 60.8. The average Bonchev–Trinajstić information content (AvgIpc) is 3.93. The molecule has 0 atom stereocenters. The zero-order valence-corrected chi connectivity index (χ0v) is 27.8. The van der Waals surface area contributed by atoms with Crippen LogP contribution in [0.4, 0.5) is 0 Å². The van der Waals surface area contributed by atoms with Crippen LogP contribution in [0, 0.1) is 0 Å². The van der Waals surface area contributed by atoms with Crippen LogP contribution in [0.5, 0.6) is 0 Å². The predicted molar refractivity (Wildman–Crippen MR) is 213 cm³/mol. The first-order chi connectivity index (χ1) is 25.8. The minimum Gasteiger partial charge on any atom is -0.278 e. The van der Waals surface area contributed by atoms with Crippen LogP contribution >= 0.6 is 0 Å². The van der Waals surface area contributed by atoms with Gasteiger partial charge in [0.25, 0.3) is 0 Å². The molecule has 0 radical (unpaired) electrons. The summed E-state index contributed by atoms with van der Waals surface area (Å²) in [6.07, 6.45) is 0. The highest BCUT2D eigenvalue weighted by Gasteiger charge is 2.21. The second-order valence-corrected chi connectivity index (χ2v) is 13.6. The van der Waals surface area contributed by atoms with Crippen LogP contribution in [-0.2, 0) is 0 Å². The van der Waals surface area contributed by atoms with Crippen LogP contribution in [0.3, 0.4) is 0 Å². The lowest BCUT2D eigenvalue weighted by Gasteiger charge is -2.09. The molecule has 12 rings (SSSR count). The molecule has 52 heavy (non-hydrogen) atoms. The van der Waals surface area contributed by atoms with Crippen molar-refractivity contribution in [1.29, 1.82) is 0 Å². The average molecular weight is 665 g/mol. The summed E-state index contributed by atoms with van der Waals surface area (Å²) < 4.78 is 9.19. The fourth-order valence-corrected chi connectivity index (χ4v) is 8.30. The van der Waals surface area contributed by atoms with Crippen LogP contribution in [0.25, 0.3) is 99.7 Å². The number of fused-ring (bicyclic) bond motifs is 12. The lowest BCUT2D eigenvalue weighted by atomic mass is 10.0. The van der Waals surface area contributed by atoms with Crippen molar-refractivity contribution in [2.24, 2.45) is 0 Å². The Labute approximate surface area is 296 Å². The Balaban J connectivity index is 1.11. The van der Waals surface area contributed by atoms with Gasteiger partial charge >= 0.3 is 0 Å². The molecule has 6 nitrogen and oxygen atoms in total. The Hall–Kier alpha value is -7.18. The second-order valence-electron chi connectivity index (χ2n) is 13.6. The highest BCUT2D eigenvalue weighted by atomic mass is 15.2. The molecule has 0 bridgehead atoms. The van der Waals surface area contributed by atoms with Crippen molar-refractivity contribution < 1.29 is 0 Å². The number of benzene rings is 8. The fraction of sp³-hybridized carbons (Fsp3) is 0. The van der Waals surface area contributed by atoms with Crippen molar-refractivity contribution in [1.82, 2.24) is 27.9 Å². The van der Waals surface area contributed by atoms with Crippen molar-refractivity contribution in [2.45, 2.75) is 0 Å². The summed E-state index contributed by atoms with van der Waals surface area (Å²) >= 11 is 0. The molecular weight excluding hydrogens is 637 g/mol. The Bertz CT molecular complexity index is 3200. The molecule has 4 aromatic heterocycles. The molecule has 0 saturated heterocycles. The van der Waals surface area contributed by atoms with Gasteiger partial charge in [0, 0.05) is 11.4 Å². The van der Waals surface area contributed by atoms with Gasteiger partial charge in [0.2, 0.25) is 11.6 Å². The van der Waals surface area contributed by atoms with Gasteiger partial charge in [-0.05, 0) is 105 Å². The molecule has 4 heterocycles. The summed E-state index contributed by atoms with van der Waals surface area (Å²) in [7, 11) is 0. The van der Waals surface area contributed by atoms with Gasteiger partial charge in [0.05, 0.1) is 44.1 Å². The van der Waals surface area contributed by atoms with Crippen molar-refractivity contribution in [3.8, 4) is 22.5 Å². The predicted octanol–water partition coefficient (Wildman–Crippen LogP) is 11.1. The normalized spacial score (nSPS) is 12.2. The number of aromatic nitrogens is 6. The zero-order chi connectivity index (χ0) is 33.9. The Morgan fingerprint density at radius 2 is 0.731 bits per heavy atom. The monoisotopic (exact) mass is 664 g/mol. The molecule has 12 aromatic rings. The third-order valence-electron chi connectivity index (χ3n) is 10.7. The van der Waals surface area contributed by atoms with Gasteiger partial charge in [-0.2, -0.15) is 0 Å². The van der Waals surface area contributed by atoms with E-state index in [4.69, 9.17) is 9.97 Å². The topological polar surface area (TPSA) is 44.5 Å². The van der Waals surface area contributed by atoms with E-state index in [1.165, 1.54) is 21.5 Å². The minimum absolute atomic E-state index is 0.901. The van der Waals surface area contributed by atoms with Crippen molar-refractivity contribution in [3.05, 3.63) is 170 Å². The van der Waals surface area contributed by atoms with Gasteiger partial charge in [-0.25, -0.2) is 9.97 Å². The lowest BCUT2D eigenvalue weighted by Crippen LogP contribution is -1.95. The van der Waals surface area contributed by atoms with Crippen molar-refractivity contribution >= 4 is 77.2 Å². The summed E-state index contributed by atoms with van der Waals surface area (Å²) in [5, 5.41) is 4.85. The fourth-order valence-electron chi connectivity index (χ4n) is 8.30. The Kier molecular flexibility index (Phi) is 5.41. The first-order valence-corrected chi connectivity index (χ1v) is 17.6. The van der Waals surface area contributed by atoms with Crippen molar-refractivity contribution in [3.63, 3.8) is 0 Å². The van der Waals surface area contributed by atoms with Gasteiger partial charge in [-0.1, -0.05) is 97.1 Å². The number of para-hydroxylation sites is 4. The maximum Gasteiger partial charge on any atom is 0.220 e. The summed E-state index contributed by atoms with van der Waals surface area (Å²) in [5.74, 6) is 1.80. The number of imidazole rings is 4. The molecule has 0 unspecified atom stereocenters. The van der Waals surface area contributed by atoms with E-state index in [1.807, 2.05) is 0 Å². The first kappa shape index (κ1) is 27.6. The number of rotatable bonds is 3. The smallest absolute Gasteiger partial charge is 0.220 e. The molecule has 0 fully saturated rings. The van der Waals surface area contributed by atoms with Crippen LogP contribution in [0.1, 0.15) is 0 Å². The van der Waals surface area contributed by atoms with Crippen LogP contribution in [-0.4, -0.2) is 27.9 Å². The molecular formula is C46H28N6. The zero-order valence-electron chi connectivity index (χ0n) is 27.8. The van der Waals surface area contributed by atoms with E-state index < -0.39 is 0 Å². The molecule has 0 aliphatic heterocycles. The maximum atomic E-state index is 5.17. The molecule has 0 aliphatic rings. The van der Waals surface area contributed by atoms with Gasteiger partial charge in [-0.15, -0.1) is 0 Å². The maximum absolute atomic E-state index is 5.17. The summed E-state index contributed by atoms with van der Waals surface area (Å²) in [5.41, 5.74) is 13.0. The van der Waals surface area contributed by atoms with E-state index in [-0.39, 0.29) is 0 Å². The molecule has 0 N–H and O–H groups in total. The van der Waals surface area contributed by atoms with Gasteiger partial charge in [-0.3, -0.25) is 17.9 Å². The molecule has 0 amide bonds. The van der Waals surface area contributed by atoms with Crippen LogP contribution in [0.2, 0.25) is 0 Å². The van der Waals surface area contributed by atoms with Crippen LogP contribution in [0.15, 0.2) is 170 Å². The number of hydrogen-bond acceptors (Lipinski definition) is 2. The largest absolute Gasteiger partial charge is 0.278 e. The summed E-state index contributed by atoms with van der Waals surface area (Å²) in [6.45, 7) is 0. The Morgan fingerprint density at radius 3 is 1.21 bits per heavy atom. The van der Waals surface area contributed by atoms with E-state index in [2.05, 4.69) is 188 Å². The molecule has 0 saturated carbocycles. The van der Waals surface area contributed by atoms with Gasteiger partial charge in [0.15, 0.2) is 0 Å². The first-order valence-electron chi connectivity index (χ1n) is 17.6. The third-order valence-corrected chi connectivity index (χ3v) is 10.7. The van der Waals surface area contributed by atoms with Gasteiger partial charge < -0.3 is 0 Å². The standard InChI is InChI=1S/C46H28N6/c1-3-11-31-25-35(21-17-29(31)9-1)49-41-23-19-33(27-43(41)51-39-15-7-5-13-37(39)47-45(49)51)34-20-24-42-44(28-34)52-40-16-8-6-14-38(40)48-46(52)50(42)36-22-18-30-10-2-4-12-32(30)26-36/h1-28H. The highest BCUT2D eigenvalue weighted by Crippen LogP contribution is 2.36. The minimum atomic E-state index is 0.901. The second kappa shape index (κ2) is 10.2. The van der Waals surface area contributed by atoms with E-state index in [0.717, 1.165) is 78.2 Å². The Morgan fingerprint density at radius 1 is 0.308 bits per heavy atom. The molecule has 0 spiro atoms. The van der Waals surface area contributed by atoms with Crippen molar-refractivity contribution in [2.75, 3.05) is 0 Å². The molecule has 0 aliphatic carbocycles. The SMILES string of the molecule is c1ccc2cc(-n3c4ccc(-c5ccc6c(c5)n5c7ccccc7nc5n6-c5ccc6ccccc6c5)cc4n4c5ccccc5nc34)ccc2c1.